The lowest BCUT2D eigenvalue weighted by Crippen LogP contribution is -2.17. The van der Waals surface area contributed by atoms with Crippen LogP contribution in [0.5, 0.6) is 11.5 Å². The summed E-state index contributed by atoms with van der Waals surface area (Å²) in [5, 5.41) is 0. The number of halogens is 1. The van der Waals surface area contributed by atoms with E-state index in [9.17, 15) is 0 Å². The Bertz CT molecular complexity index is 383. The molecule has 0 aliphatic heterocycles. The highest BCUT2D eigenvalue weighted by molar-refractivity contribution is 9.10. The first-order chi connectivity index (χ1) is 8.58. The van der Waals surface area contributed by atoms with Crippen LogP contribution in [0, 0.1) is 0 Å². The highest BCUT2D eigenvalue weighted by Gasteiger charge is 2.12. The third-order valence-electron chi connectivity index (χ3n) is 2.34. The Labute approximate surface area is 117 Å². The van der Waals surface area contributed by atoms with Crippen LogP contribution in [-0.2, 0) is 11.2 Å². The lowest BCUT2D eigenvalue weighted by atomic mass is 10.1. The summed E-state index contributed by atoms with van der Waals surface area (Å²) in [5.41, 5.74) is 6.90. The first-order valence-corrected chi connectivity index (χ1v) is 6.70. The summed E-state index contributed by atoms with van der Waals surface area (Å²) < 4.78 is 16.9. The predicted molar refractivity (Wildman–Crippen MR) is 75.2 cm³/mol. The van der Waals surface area contributed by atoms with E-state index < -0.39 is 0 Å². The molecule has 0 aromatic heterocycles. The number of benzene rings is 1. The standard InChI is InChI=1S/C13H20BrNO3/c1-4-17-8-18-13-11(14)6-10(5-9(2)15)7-12(13)16-3/h6-7,9H,4-5,8,15H2,1-3H3. The van der Waals surface area contributed by atoms with Gasteiger partial charge in [0.15, 0.2) is 18.3 Å². The van der Waals surface area contributed by atoms with Gasteiger partial charge in [0.25, 0.3) is 0 Å². The van der Waals surface area contributed by atoms with Crippen LogP contribution in [0.25, 0.3) is 0 Å². The quantitative estimate of drug-likeness (QED) is 0.620. The second-order valence-corrected chi connectivity index (χ2v) is 4.90. The molecule has 0 radical (unpaired) electrons. The van der Waals surface area contributed by atoms with Crippen molar-refractivity contribution in [2.45, 2.75) is 26.3 Å². The average molecular weight is 318 g/mol. The van der Waals surface area contributed by atoms with Gasteiger partial charge in [-0.3, -0.25) is 0 Å². The summed E-state index contributed by atoms with van der Waals surface area (Å²) in [5.74, 6) is 1.33. The first-order valence-electron chi connectivity index (χ1n) is 5.91. The zero-order valence-electron chi connectivity index (χ0n) is 11.0. The van der Waals surface area contributed by atoms with Gasteiger partial charge in [0.1, 0.15) is 0 Å². The van der Waals surface area contributed by atoms with Crippen LogP contribution in [0.4, 0.5) is 0 Å². The molecule has 1 rings (SSSR count). The van der Waals surface area contributed by atoms with Crippen molar-refractivity contribution < 1.29 is 14.2 Å². The van der Waals surface area contributed by atoms with E-state index >= 15 is 0 Å². The molecule has 0 fully saturated rings. The van der Waals surface area contributed by atoms with Crippen molar-refractivity contribution in [1.29, 1.82) is 0 Å². The van der Waals surface area contributed by atoms with Gasteiger partial charge in [-0.2, -0.15) is 0 Å². The molecule has 0 saturated carbocycles. The molecule has 1 unspecified atom stereocenters. The van der Waals surface area contributed by atoms with Crippen LogP contribution in [-0.4, -0.2) is 26.6 Å². The fraction of sp³-hybridized carbons (Fsp3) is 0.538. The van der Waals surface area contributed by atoms with Gasteiger partial charge in [-0.25, -0.2) is 0 Å². The number of nitrogens with two attached hydrogens (primary N) is 1. The fourth-order valence-corrected chi connectivity index (χ4v) is 2.19. The Kier molecular flexibility index (Phi) is 6.46. The maximum atomic E-state index is 5.79. The SMILES string of the molecule is CCOCOc1c(Br)cc(CC(C)N)cc1OC. The Morgan fingerprint density at radius 1 is 1.39 bits per heavy atom. The van der Waals surface area contributed by atoms with E-state index in [0.717, 1.165) is 16.5 Å². The topological polar surface area (TPSA) is 53.7 Å². The average Bonchev–Trinajstić information content (AvgIpc) is 2.30. The molecule has 2 N–H and O–H groups in total. The maximum Gasteiger partial charge on any atom is 0.189 e. The van der Waals surface area contributed by atoms with Crippen molar-refractivity contribution in [3.63, 3.8) is 0 Å². The van der Waals surface area contributed by atoms with E-state index in [4.69, 9.17) is 19.9 Å². The van der Waals surface area contributed by atoms with E-state index in [1.54, 1.807) is 7.11 Å². The third kappa shape index (κ3) is 4.48. The van der Waals surface area contributed by atoms with Gasteiger partial charge in [-0.05, 0) is 53.9 Å². The van der Waals surface area contributed by atoms with Gasteiger partial charge in [0.2, 0.25) is 0 Å². The molecule has 0 spiro atoms. The van der Waals surface area contributed by atoms with Gasteiger partial charge in [-0.15, -0.1) is 0 Å². The molecule has 1 aromatic carbocycles. The lowest BCUT2D eigenvalue weighted by molar-refractivity contribution is 0.0204. The molecular formula is C13H20BrNO3. The summed E-state index contributed by atoms with van der Waals surface area (Å²) in [6.07, 6.45) is 0.792. The molecule has 1 aromatic rings. The highest BCUT2D eigenvalue weighted by Crippen LogP contribution is 2.36. The van der Waals surface area contributed by atoms with E-state index in [-0.39, 0.29) is 12.8 Å². The molecular weight excluding hydrogens is 298 g/mol. The number of hydrogen-bond donors (Lipinski definition) is 1. The van der Waals surface area contributed by atoms with Gasteiger partial charge < -0.3 is 19.9 Å². The summed E-state index contributed by atoms with van der Waals surface area (Å²) in [7, 11) is 1.62. The summed E-state index contributed by atoms with van der Waals surface area (Å²) in [6, 6.07) is 4.04. The minimum absolute atomic E-state index is 0.108. The number of ether oxygens (including phenoxy) is 3. The van der Waals surface area contributed by atoms with Gasteiger partial charge >= 0.3 is 0 Å². The van der Waals surface area contributed by atoms with Crippen LogP contribution < -0.4 is 15.2 Å². The highest BCUT2D eigenvalue weighted by atomic mass is 79.9. The molecule has 4 nitrogen and oxygen atoms in total. The normalized spacial score (nSPS) is 12.3. The summed E-state index contributed by atoms with van der Waals surface area (Å²) >= 11 is 3.48. The molecule has 0 amide bonds. The predicted octanol–water partition coefficient (Wildman–Crippen LogP) is 2.72. The molecule has 0 bridgehead atoms. The van der Waals surface area contributed by atoms with Crippen molar-refractivity contribution in [1.82, 2.24) is 0 Å². The van der Waals surface area contributed by atoms with E-state index in [1.165, 1.54) is 0 Å². The lowest BCUT2D eigenvalue weighted by Gasteiger charge is -2.15. The van der Waals surface area contributed by atoms with Crippen molar-refractivity contribution in [2.75, 3.05) is 20.5 Å². The van der Waals surface area contributed by atoms with E-state index in [2.05, 4.69) is 15.9 Å². The van der Waals surface area contributed by atoms with Crippen molar-refractivity contribution in [3.8, 4) is 11.5 Å². The van der Waals surface area contributed by atoms with E-state index in [0.29, 0.717) is 18.1 Å². The molecule has 102 valence electrons. The van der Waals surface area contributed by atoms with Crippen LogP contribution in [0.2, 0.25) is 0 Å². The number of rotatable bonds is 7. The van der Waals surface area contributed by atoms with E-state index in [1.807, 2.05) is 26.0 Å². The minimum atomic E-state index is 0.108. The first kappa shape index (κ1) is 15.3. The zero-order chi connectivity index (χ0) is 13.5. The maximum absolute atomic E-state index is 5.79. The minimum Gasteiger partial charge on any atom is -0.493 e. The van der Waals surface area contributed by atoms with Crippen LogP contribution in [0.3, 0.4) is 0 Å². The van der Waals surface area contributed by atoms with Crippen LogP contribution in [0.1, 0.15) is 19.4 Å². The second kappa shape index (κ2) is 7.61. The zero-order valence-corrected chi connectivity index (χ0v) is 12.6. The molecule has 0 aliphatic carbocycles. The molecule has 5 heteroatoms. The summed E-state index contributed by atoms with van der Waals surface area (Å²) in [4.78, 5) is 0. The Hall–Kier alpha value is -0.780. The Morgan fingerprint density at radius 2 is 2.11 bits per heavy atom. The number of hydrogen-bond acceptors (Lipinski definition) is 4. The van der Waals surface area contributed by atoms with Gasteiger partial charge in [-0.1, -0.05) is 0 Å². The molecule has 1 atom stereocenters. The second-order valence-electron chi connectivity index (χ2n) is 4.05. The third-order valence-corrected chi connectivity index (χ3v) is 2.93. The van der Waals surface area contributed by atoms with Gasteiger partial charge in [0.05, 0.1) is 11.6 Å². The van der Waals surface area contributed by atoms with Crippen molar-refractivity contribution in [2.24, 2.45) is 5.73 Å². The van der Waals surface area contributed by atoms with Crippen molar-refractivity contribution in [3.05, 3.63) is 22.2 Å². The molecule has 18 heavy (non-hydrogen) atoms. The monoisotopic (exact) mass is 317 g/mol. The smallest absolute Gasteiger partial charge is 0.189 e. The largest absolute Gasteiger partial charge is 0.493 e. The summed E-state index contributed by atoms with van der Waals surface area (Å²) in [6.45, 7) is 4.71. The molecule has 0 aliphatic rings. The van der Waals surface area contributed by atoms with Gasteiger partial charge in [0, 0.05) is 12.6 Å². The number of methoxy groups -OCH3 is 1. The molecule has 0 heterocycles. The van der Waals surface area contributed by atoms with Crippen molar-refractivity contribution >= 4 is 15.9 Å². The molecule has 0 saturated heterocycles. The Morgan fingerprint density at radius 3 is 2.67 bits per heavy atom. The van der Waals surface area contributed by atoms with Crippen LogP contribution >= 0.6 is 15.9 Å². The van der Waals surface area contributed by atoms with Crippen LogP contribution in [0.15, 0.2) is 16.6 Å². The Balaban J connectivity index is 2.89. The fourth-order valence-electron chi connectivity index (χ4n) is 1.59.